The molecule has 6 nitrogen and oxygen atoms in total. The third-order valence-corrected chi connectivity index (χ3v) is 3.24. The van der Waals surface area contributed by atoms with Crippen LogP contribution in [0.1, 0.15) is 28.8 Å². The molecule has 1 aromatic carbocycles. The molecule has 0 saturated carbocycles. The molecule has 2 amide bonds. The van der Waals surface area contributed by atoms with Crippen molar-refractivity contribution in [3.05, 3.63) is 35.4 Å². The van der Waals surface area contributed by atoms with Crippen LogP contribution in [0, 0.1) is 0 Å². The maximum absolute atomic E-state index is 12.0. The van der Waals surface area contributed by atoms with Crippen molar-refractivity contribution in [3.8, 4) is 0 Å². The average molecular weight is 278 g/mol. The molecule has 2 rings (SSSR count). The molecule has 1 aliphatic heterocycles. The van der Waals surface area contributed by atoms with Gasteiger partial charge in [-0.15, -0.1) is 0 Å². The Morgan fingerprint density at radius 3 is 2.65 bits per heavy atom. The monoisotopic (exact) mass is 278 g/mol. The zero-order chi connectivity index (χ0) is 14.4. The molecular weight excluding hydrogens is 260 g/mol. The molecule has 1 fully saturated rings. The van der Waals surface area contributed by atoms with Gasteiger partial charge in [0, 0.05) is 25.3 Å². The average Bonchev–Trinajstić information content (AvgIpc) is 2.99. The Labute approximate surface area is 117 Å². The molecule has 2 N–H and O–H groups in total. The SMILES string of the molecule is O=C(NOC(=O)N1CCCC1)c1ccccc1CCO. The Bertz CT molecular complexity index is 484. The molecule has 1 saturated heterocycles. The number of nitrogens with zero attached hydrogens (tertiary/aromatic N) is 1. The van der Waals surface area contributed by atoms with E-state index in [1.807, 2.05) is 0 Å². The lowest BCUT2D eigenvalue weighted by atomic mass is 10.0. The van der Waals surface area contributed by atoms with E-state index in [-0.39, 0.29) is 6.61 Å². The van der Waals surface area contributed by atoms with E-state index in [1.165, 1.54) is 0 Å². The molecule has 1 aliphatic rings. The number of likely N-dealkylation sites (tertiary alicyclic amines) is 1. The molecule has 20 heavy (non-hydrogen) atoms. The normalized spacial score (nSPS) is 14.2. The van der Waals surface area contributed by atoms with E-state index in [0.717, 1.165) is 12.8 Å². The maximum atomic E-state index is 12.0. The van der Waals surface area contributed by atoms with E-state index < -0.39 is 12.0 Å². The lowest BCUT2D eigenvalue weighted by Crippen LogP contribution is -2.35. The van der Waals surface area contributed by atoms with E-state index >= 15 is 0 Å². The zero-order valence-corrected chi connectivity index (χ0v) is 11.2. The second kappa shape index (κ2) is 6.91. The Kier molecular flexibility index (Phi) is 4.95. The summed E-state index contributed by atoms with van der Waals surface area (Å²) in [7, 11) is 0. The highest BCUT2D eigenvalue weighted by Gasteiger charge is 2.20. The number of aliphatic hydroxyl groups excluding tert-OH is 1. The molecule has 0 aromatic heterocycles. The summed E-state index contributed by atoms with van der Waals surface area (Å²) >= 11 is 0. The summed E-state index contributed by atoms with van der Waals surface area (Å²) < 4.78 is 0. The first-order valence-electron chi connectivity index (χ1n) is 6.67. The van der Waals surface area contributed by atoms with Gasteiger partial charge in [-0.05, 0) is 30.9 Å². The van der Waals surface area contributed by atoms with Crippen molar-refractivity contribution >= 4 is 12.0 Å². The van der Waals surface area contributed by atoms with E-state index in [2.05, 4.69) is 5.48 Å². The third kappa shape index (κ3) is 3.48. The van der Waals surface area contributed by atoms with Crippen LogP contribution in [0.5, 0.6) is 0 Å². The van der Waals surface area contributed by atoms with Crippen LogP contribution in [0.4, 0.5) is 4.79 Å². The van der Waals surface area contributed by atoms with E-state index in [1.54, 1.807) is 29.2 Å². The van der Waals surface area contributed by atoms with Crippen molar-refractivity contribution < 1.29 is 19.5 Å². The lowest BCUT2D eigenvalue weighted by molar-refractivity contribution is 0.0449. The van der Waals surface area contributed by atoms with Crippen molar-refractivity contribution in [2.75, 3.05) is 19.7 Å². The van der Waals surface area contributed by atoms with E-state index in [9.17, 15) is 9.59 Å². The van der Waals surface area contributed by atoms with Crippen molar-refractivity contribution in [3.63, 3.8) is 0 Å². The smallest absolute Gasteiger partial charge is 0.396 e. The summed E-state index contributed by atoms with van der Waals surface area (Å²) in [6, 6.07) is 6.90. The number of carbonyl (C=O) groups is 2. The molecule has 108 valence electrons. The summed E-state index contributed by atoms with van der Waals surface area (Å²) in [6.07, 6.45) is 1.77. The maximum Gasteiger partial charge on any atom is 0.434 e. The number of aliphatic hydroxyl groups is 1. The van der Waals surface area contributed by atoms with Gasteiger partial charge < -0.3 is 14.8 Å². The van der Waals surface area contributed by atoms with Crippen molar-refractivity contribution in [2.24, 2.45) is 0 Å². The second-order valence-electron chi connectivity index (χ2n) is 4.62. The Hall–Kier alpha value is -2.08. The Balaban J connectivity index is 1.92. The largest absolute Gasteiger partial charge is 0.434 e. The number of hydrogen-bond donors (Lipinski definition) is 2. The predicted molar refractivity (Wildman–Crippen MR) is 72.0 cm³/mol. The minimum Gasteiger partial charge on any atom is -0.396 e. The van der Waals surface area contributed by atoms with Crippen LogP contribution < -0.4 is 5.48 Å². The van der Waals surface area contributed by atoms with Gasteiger partial charge in [0.15, 0.2) is 0 Å². The van der Waals surface area contributed by atoms with Crippen molar-refractivity contribution in [1.29, 1.82) is 0 Å². The van der Waals surface area contributed by atoms with Gasteiger partial charge in [0.25, 0.3) is 5.91 Å². The highest BCUT2D eigenvalue weighted by atomic mass is 16.7. The van der Waals surface area contributed by atoms with Crippen LogP contribution in [0.2, 0.25) is 0 Å². The Morgan fingerprint density at radius 2 is 1.95 bits per heavy atom. The van der Waals surface area contributed by atoms with Gasteiger partial charge in [-0.25, -0.2) is 4.79 Å². The summed E-state index contributed by atoms with van der Waals surface area (Å²) in [5, 5.41) is 8.96. The summed E-state index contributed by atoms with van der Waals surface area (Å²) in [4.78, 5) is 30.0. The van der Waals surface area contributed by atoms with Crippen LogP contribution in [0.25, 0.3) is 0 Å². The summed E-state index contributed by atoms with van der Waals surface area (Å²) in [6.45, 7) is 1.28. The van der Waals surface area contributed by atoms with Crippen molar-refractivity contribution in [1.82, 2.24) is 10.4 Å². The summed E-state index contributed by atoms with van der Waals surface area (Å²) in [5.41, 5.74) is 3.27. The number of hydroxylamine groups is 1. The van der Waals surface area contributed by atoms with Crippen LogP contribution in [0.15, 0.2) is 24.3 Å². The number of hydrogen-bond acceptors (Lipinski definition) is 4. The minimum absolute atomic E-state index is 0.0438. The van der Waals surface area contributed by atoms with Crippen LogP contribution in [-0.2, 0) is 11.3 Å². The number of rotatable bonds is 3. The van der Waals surface area contributed by atoms with Gasteiger partial charge >= 0.3 is 6.09 Å². The molecule has 0 bridgehead atoms. The quantitative estimate of drug-likeness (QED) is 0.811. The van der Waals surface area contributed by atoms with Gasteiger partial charge in [0.05, 0.1) is 0 Å². The molecule has 0 radical (unpaired) electrons. The van der Waals surface area contributed by atoms with Gasteiger partial charge in [-0.1, -0.05) is 18.2 Å². The van der Waals surface area contributed by atoms with Gasteiger partial charge in [0.1, 0.15) is 0 Å². The fourth-order valence-corrected chi connectivity index (χ4v) is 2.19. The fraction of sp³-hybridized carbons (Fsp3) is 0.429. The first-order valence-corrected chi connectivity index (χ1v) is 6.67. The first-order chi connectivity index (χ1) is 9.72. The number of amides is 2. The standard InChI is InChI=1S/C14H18N2O4/c17-10-7-11-5-1-2-6-12(11)13(18)15-20-14(19)16-8-3-4-9-16/h1-2,5-6,17H,3-4,7-10H2,(H,15,18). The topological polar surface area (TPSA) is 78.9 Å². The third-order valence-electron chi connectivity index (χ3n) is 3.24. The van der Waals surface area contributed by atoms with E-state index in [4.69, 9.17) is 9.94 Å². The minimum atomic E-state index is -0.532. The summed E-state index contributed by atoms with van der Waals surface area (Å²) in [5.74, 6) is -0.485. The molecule has 0 spiro atoms. The molecule has 0 atom stereocenters. The highest BCUT2D eigenvalue weighted by molar-refractivity contribution is 5.95. The predicted octanol–water partition coefficient (Wildman–Crippen LogP) is 1.10. The van der Waals surface area contributed by atoms with Gasteiger partial charge in [-0.2, -0.15) is 5.48 Å². The zero-order valence-electron chi connectivity index (χ0n) is 11.2. The molecule has 1 aromatic rings. The molecule has 0 aliphatic carbocycles. The fourth-order valence-electron chi connectivity index (χ4n) is 2.19. The highest BCUT2D eigenvalue weighted by Crippen LogP contribution is 2.10. The van der Waals surface area contributed by atoms with Crippen LogP contribution in [0.3, 0.4) is 0 Å². The van der Waals surface area contributed by atoms with Crippen molar-refractivity contribution in [2.45, 2.75) is 19.3 Å². The van der Waals surface area contributed by atoms with Crippen LogP contribution >= 0.6 is 0 Å². The van der Waals surface area contributed by atoms with Gasteiger partial charge in [-0.3, -0.25) is 4.79 Å². The Morgan fingerprint density at radius 1 is 1.25 bits per heavy atom. The molecular formula is C14H18N2O4. The molecule has 0 unspecified atom stereocenters. The first kappa shape index (κ1) is 14.3. The lowest BCUT2D eigenvalue weighted by Gasteiger charge is -2.15. The van der Waals surface area contributed by atoms with Crippen LogP contribution in [-0.4, -0.2) is 41.7 Å². The number of benzene rings is 1. The van der Waals surface area contributed by atoms with Gasteiger partial charge in [0.2, 0.25) is 0 Å². The second-order valence-corrected chi connectivity index (χ2v) is 4.62. The molecule has 1 heterocycles. The number of nitrogens with one attached hydrogen (secondary N) is 1. The number of carbonyl (C=O) groups excluding carboxylic acids is 2. The molecule has 6 heteroatoms. The van der Waals surface area contributed by atoms with E-state index in [0.29, 0.717) is 30.6 Å².